The molecule has 0 radical (unpaired) electrons. The highest BCUT2D eigenvalue weighted by atomic mass is 16.7. The standard InChI is InChI=1S/C24H24N4O3/c29-23(25-12-17-8-9-21-22(11-17)31-16-30-21)19-7-4-10-28(15-19)24-26-13-20(14-27-24)18-5-2-1-3-6-18/h1-3,5-6,8-9,11,13-14,19H,4,7,10,12,15-16H2,(H,25,29)/t19-/m0/s1. The zero-order valence-corrected chi connectivity index (χ0v) is 17.2. The van der Waals surface area contributed by atoms with Gasteiger partial charge in [0.15, 0.2) is 11.5 Å². The molecule has 1 fully saturated rings. The first-order valence-electron chi connectivity index (χ1n) is 10.5. The number of piperidine rings is 1. The molecule has 1 amide bonds. The molecule has 0 aliphatic carbocycles. The fourth-order valence-electron chi connectivity index (χ4n) is 4.02. The highest BCUT2D eigenvalue weighted by molar-refractivity contribution is 5.79. The quantitative estimate of drug-likeness (QED) is 0.687. The van der Waals surface area contributed by atoms with Gasteiger partial charge in [-0.15, -0.1) is 0 Å². The molecule has 31 heavy (non-hydrogen) atoms. The summed E-state index contributed by atoms with van der Waals surface area (Å²) >= 11 is 0. The maximum absolute atomic E-state index is 12.8. The lowest BCUT2D eigenvalue weighted by Gasteiger charge is -2.32. The Hall–Kier alpha value is -3.61. The predicted molar refractivity (Wildman–Crippen MR) is 117 cm³/mol. The number of fused-ring (bicyclic) bond motifs is 1. The fourth-order valence-corrected chi connectivity index (χ4v) is 4.02. The SMILES string of the molecule is O=C(NCc1ccc2c(c1)OCO2)[C@H]1CCCN(c2ncc(-c3ccccc3)cn2)C1. The number of nitrogens with one attached hydrogen (secondary N) is 1. The number of ether oxygens (including phenoxy) is 2. The lowest BCUT2D eigenvalue weighted by molar-refractivity contribution is -0.125. The third-order valence-electron chi connectivity index (χ3n) is 5.72. The van der Waals surface area contributed by atoms with Gasteiger partial charge in [0.2, 0.25) is 18.6 Å². The number of aromatic nitrogens is 2. The number of benzene rings is 2. The van der Waals surface area contributed by atoms with Crippen LogP contribution < -0.4 is 19.7 Å². The topological polar surface area (TPSA) is 76.6 Å². The molecule has 2 aliphatic rings. The van der Waals surface area contributed by atoms with E-state index in [9.17, 15) is 4.79 Å². The van der Waals surface area contributed by atoms with E-state index in [2.05, 4.69) is 20.2 Å². The van der Waals surface area contributed by atoms with Gasteiger partial charge in [0, 0.05) is 37.6 Å². The van der Waals surface area contributed by atoms with Crippen LogP contribution in [-0.2, 0) is 11.3 Å². The Morgan fingerprint density at radius 1 is 1.03 bits per heavy atom. The molecule has 0 bridgehead atoms. The number of anilines is 1. The van der Waals surface area contributed by atoms with Crippen molar-refractivity contribution in [3.63, 3.8) is 0 Å². The second-order valence-electron chi connectivity index (χ2n) is 7.83. The molecule has 3 aromatic rings. The Bertz CT molecular complexity index is 1060. The van der Waals surface area contributed by atoms with Crippen molar-refractivity contribution >= 4 is 11.9 Å². The van der Waals surface area contributed by atoms with Crippen LogP contribution in [0.15, 0.2) is 60.9 Å². The first-order chi connectivity index (χ1) is 15.3. The van der Waals surface area contributed by atoms with E-state index in [4.69, 9.17) is 9.47 Å². The summed E-state index contributed by atoms with van der Waals surface area (Å²) in [6.07, 6.45) is 5.50. The van der Waals surface area contributed by atoms with E-state index in [0.717, 1.165) is 47.6 Å². The van der Waals surface area contributed by atoms with Crippen LogP contribution in [0.3, 0.4) is 0 Å². The summed E-state index contributed by atoms with van der Waals surface area (Å²) in [6.45, 7) is 2.19. The Labute approximate surface area is 181 Å². The maximum atomic E-state index is 12.8. The Morgan fingerprint density at radius 3 is 2.68 bits per heavy atom. The third-order valence-corrected chi connectivity index (χ3v) is 5.72. The Morgan fingerprint density at radius 2 is 1.84 bits per heavy atom. The zero-order valence-electron chi connectivity index (χ0n) is 17.2. The van der Waals surface area contributed by atoms with Gasteiger partial charge in [-0.05, 0) is 36.1 Å². The fraction of sp³-hybridized carbons (Fsp3) is 0.292. The number of hydrogen-bond donors (Lipinski definition) is 1. The van der Waals surface area contributed by atoms with Crippen LogP contribution in [0, 0.1) is 5.92 Å². The van der Waals surface area contributed by atoms with Crippen LogP contribution in [-0.4, -0.2) is 35.8 Å². The number of carbonyl (C=O) groups is 1. The molecule has 1 aromatic heterocycles. The first-order valence-corrected chi connectivity index (χ1v) is 10.5. The smallest absolute Gasteiger partial charge is 0.231 e. The number of rotatable bonds is 5. The molecule has 7 heteroatoms. The van der Waals surface area contributed by atoms with Crippen LogP contribution >= 0.6 is 0 Å². The van der Waals surface area contributed by atoms with Crippen molar-refractivity contribution in [2.24, 2.45) is 5.92 Å². The van der Waals surface area contributed by atoms with Crippen LogP contribution in [0.25, 0.3) is 11.1 Å². The van der Waals surface area contributed by atoms with E-state index >= 15 is 0 Å². The van der Waals surface area contributed by atoms with E-state index in [1.165, 1.54) is 0 Å². The van der Waals surface area contributed by atoms with Gasteiger partial charge in [0.05, 0.1) is 5.92 Å². The van der Waals surface area contributed by atoms with Gasteiger partial charge < -0.3 is 19.7 Å². The Kier molecular flexibility index (Phi) is 5.39. The molecule has 1 atom stereocenters. The molecule has 0 unspecified atom stereocenters. The highest BCUT2D eigenvalue weighted by Crippen LogP contribution is 2.32. The molecule has 0 saturated carbocycles. The van der Waals surface area contributed by atoms with Gasteiger partial charge in [-0.1, -0.05) is 36.4 Å². The third kappa shape index (κ3) is 4.30. The zero-order chi connectivity index (χ0) is 21.0. The summed E-state index contributed by atoms with van der Waals surface area (Å²) in [6, 6.07) is 15.8. The van der Waals surface area contributed by atoms with Gasteiger partial charge in [-0.2, -0.15) is 0 Å². The molecule has 158 valence electrons. The monoisotopic (exact) mass is 416 g/mol. The van der Waals surface area contributed by atoms with Crippen molar-refractivity contribution in [3.8, 4) is 22.6 Å². The van der Waals surface area contributed by atoms with E-state index in [1.807, 2.05) is 60.9 Å². The lowest BCUT2D eigenvalue weighted by atomic mass is 9.97. The van der Waals surface area contributed by atoms with Crippen LogP contribution in [0.4, 0.5) is 5.95 Å². The van der Waals surface area contributed by atoms with E-state index < -0.39 is 0 Å². The van der Waals surface area contributed by atoms with E-state index in [-0.39, 0.29) is 18.6 Å². The van der Waals surface area contributed by atoms with Crippen LogP contribution in [0.2, 0.25) is 0 Å². The number of amides is 1. The second kappa shape index (κ2) is 8.63. The average Bonchev–Trinajstić information content (AvgIpc) is 3.31. The Balaban J connectivity index is 1.19. The van der Waals surface area contributed by atoms with Gasteiger partial charge in [0.25, 0.3) is 0 Å². The molecule has 7 nitrogen and oxygen atoms in total. The lowest BCUT2D eigenvalue weighted by Crippen LogP contribution is -2.43. The predicted octanol–water partition coefficient (Wildman–Crippen LogP) is 3.41. The molecule has 2 aliphatic heterocycles. The minimum Gasteiger partial charge on any atom is -0.454 e. The number of hydrogen-bond acceptors (Lipinski definition) is 6. The first kappa shape index (κ1) is 19.4. The summed E-state index contributed by atoms with van der Waals surface area (Å²) < 4.78 is 10.7. The minimum absolute atomic E-state index is 0.0586. The maximum Gasteiger partial charge on any atom is 0.231 e. The average molecular weight is 416 g/mol. The van der Waals surface area contributed by atoms with Crippen molar-refractivity contribution in [1.29, 1.82) is 0 Å². The van der Waals surface area contributed by atoms with Crippen molar-refractivity contribution in [2.45, 2.75) is 19.4 Å². The van der Waals surface area contributed by atoms with Crippen molar-refractivity contribution < 1.29 is 14.3 Å². The van der Waals surface area contributed by atoms with Crippen molar-refractivity contribution in [3.05, 3.63) is 66.5 Å². The minimum atomic E-state index is -0.0832. The van der Waals surface area contributed by atoms with E-state index in [1.54, 1.807) is 0 Å². The molecule has 1 saturated heterocycles. The van der Waals surface area contributed by atoms with Gasteiger partial charge in [-0.25, -0.2) is 9.97 Å². The van der Waals surface area contributed by atoms with Gasteiger partial charge in [-0.3, -0.25) is 4.79 Å². The van der Waals surface area contributed by atoms with Crippen molar-refractivity contribution in [2.75, 3.05) is 24.8 Å². The molecule has 0 spiro atoms. The number of nitrogens with zero attached hydrogens (tertiary/aromatic N) is 3. The molecule has 1 N–H and O–H groups in total. The summed E-state index contributed by atoms with van der Waals surface area (Å²) in [4.78, 5) is 24.0. The van der Waals surface area contributed by atoms with E-state index in [0.29, 0.717) is 19.0 Å². The largest absolute Gasteiger partial charge is 0.454 e. The molecular formula is C24H24N4O3. The summed E-state index contributed by atoms with van der Waals surface area (Å²) in [7, 11) is 0. The van der Waals surface area contributed by atoms with Gasteiger partial charge >= 0.3 is 0 Å². The van der Waals surface area contributed by atoms with Gasteiger partial charge in [0.1, 0.15) is 0 Å². The molecule has 2 aromatic carbocycles. The van der Waals surface area contributed by atoms with Crippen molar-refractivity contribution in [1.82, 2.24) is 15.3 Å². The normalized spacial score (nSPS) is 17.4. The summed E-state index contributed by atoms with van der Waals surface area (Å²) in [5.74, 6) is 2.12. The number of carbonyl (C=O) groups excluding carboxylic acids is 1. The second-order valence-corrected chi connectivity index (χ2v) is 7.83. The molecular weight excluding hydrogens is 392 g/mol. The summed E-state index contributed by atoms with van der Waals surface area (Å²) in [5.41, 5.74) is 3.07. The van der Waals surface area contributed by atoms with Crippen LogP contribution in [0.1, 0.15) is 18.4 Å². The summed E-state index contributed by atoms with van der Waals surface area (Å²) in [5, 5.41) is 3.06. The molecule has 3 heterocycles. The van der Waals surface area contributed by atoms with Crippen LogP contribution in [0.5, 0.6) is 11.5 Å². The molecule has 5 rings (SSSR count). The highest BCUT2D eigenvalue weighted by Gasteiger charge is 2.27.